The Bertz CT molecular complexity index is 794. The molecule has 0 atom stereocenters. The summed E-state index contributed by atoms with van der Waals surface area (Å²) >= 11 is 0. The first kappa shape index (κ1) is 13.2. The maximum atomic E-state index is 13.6. The molecule has 1 heterocycles. The highest BCUT2D eigenvalue weighted by atomic mass is 19.1. The van der Waals surface area contributed by atoms with Gasteiger partial charge in [-0.05, 0) is 43.3 Å². The van der Waals surface area contributed by atoms with Crippen molar-refractivity contribution in [2.24, 2.45) is 0 Å². The highest BCUT2D eigenvalue weighted by molar-refractivity contribution is 6.00. The van der Waals surface area contributed by atoms with E-state index in [1.807, 2.05) is 30.3 Å². The molecule has 0 spiro atoms. The molecule has 0 amide bonds. The van der Waals surface area contributed by atoms with Crippen molar-refractivity contribution in [3.05, 3.63) is 72.2 Å². The maximum Gasteiger partial charge on any atom is 0.160 e. The minimum absolute atomic E-state index is 0.106. The van der Waals surface area contributed by atoms with Gasteiger partial charge in [-0.3, -0.25) is 4.79 Å². The Morgan fingerprint density at radius 3 is 2.57 bits per heavy atom. The summed E-state index contributed by atoms with van der Waals surface area (Å²) in [6.45, 7) is 1.47. The minimum atomic E-state index is -0.379. The molecule has 0 bridgehead atoms. The quantitative estimate of drug-likeness (QED) is 0.682. The molecule has 3 aromatic rings. The summed E-state index contributed by atoms with van der Waals surface area (Å²) < 4.78 is 15.3. The maximum absolute atomic E-state index is 13.6. The Morgan fingerprint density at radius 2 is 1.86 bits per heavy atom. The van der Waals surface area contributed by atoms with Crippen molar-refractivity contribution >= 4 is 5.78 Å². The Labute approximate surface area is 121 Å². The van der Waals surface area contributed by atoms with Gasteiger partial charge in [0.1, 0.15) is 5.82 Å². The summed E-state index contributed by atoms with van der Waals surface area (Å²) in [7, 11) is 0. The van der Waals surface area contributed by atoms with Gasteiger partial charge in [0.25, 0.3) is 0 Å². The van der Waals surface area contributed by atoms with Gasteiger partial charge in [-0.1, -0.05) is 18.2 Å². The number of nitrogens with zero attached hydrogens (tertiary/aromatic N) is 2. The number of ketones is 1. The van der Waals surface area contributed by atoms with Crippen LogP contribution < -0.4 is 0 Å². The van der Waals surface area contributed by atoms with Gasteiger partial charge in [0.2, 0.25) is 0 Å². The molecule has 0 saturated carbocycles. The van der Waals surface area contributed by atoms with Crippen LogP contribution in [0.3, 0.4) is 0 Å². The third-order valence-electron chi connectivity index (χ3n) is 3.28. The molecule has 3 rings (SSSR count). The van der Waals surface area contributed by atoms with E-state index < -0.39 is 0 Å². The van der Waals surface area contributed by atoms with Crippen molar-refractivity contribution in [3.8, 4) is 16.9 Å². The van der Waals surface area contributed by atoms with Crippen LogP contribution in [0.4, 0.5) is 4.39 Å². The van der Waals surface area contributed by atoms with Crippen LogP contribution in [-0.2, 0) is 0 Å². The molecule has 21 heavy (non-hydrogen) atoms. The predicted molar refractivity (Wildman–Crippen MR) is 79.0 cm³/mol. The van der Waals surface area contributed by atoms with Gasteiger partial charge in [0.15, 0.2) is 5.78 Å². The van der Waals surface area contributed by atoms with E-state index in [0.29, 0.717) is 16.8 Å². The molecular weight excluding hydrogens is 267 g/mol. The van der Waals surface area contributed by atoms with Gasteiger partial charge >= 0.3 is 0 Å². The Hall–Kier alpha value is -2.75. The van der Waals surface area contributed by atoms with Gasteiger partial charge in [-0.25, -0.2) is 9.07 Å². The molecule has 0 radical (unpaired) electrons. The zero-order chi connectivity index (χ0) is 14.8. The molecule has 0 N–H and O–H groups in total. The topological polar surface area (TPSA) is 34.9 Å². The van der Waals surface area contributed by atoms with Crippen LogP contribution in [0.25, 0.3) is 16.9 Å². The lowest BCUT2D eigenvalue weighted by Crippen LogP contribution is -2.03. The van der Waals surface area contributed by atoms with Crippen LogP contribution in [0.1, 0.15) is 17.3 Å². The average Bonchev–Trinajstić information content (AvgIpc) is 2.97. The van der Waals surface area contributed by atoms with Crippen LogP contribution in [0.2, 0.25) is 0 Å². The van der Waals surface area contributed by atoms with Gasteiger partial charge in [-0.15, -0.1) is 0 Å². The van der Waals surface area contributed by atoms with Crippen LogP contribution in [0.5, 0.6) is 0 Å². The van der Waals surface area contributed by atoms with E-state index in [-0.39, 0.29) is 11.6 Å². The highest BCUT2D eigenvalue weighted by Gasteiger charge is 2.15. The summed E-state index contributed by atoms with van der Waals surface area (Å²) in [5.41, 5.74) is 2.57. The van der Waals surface area contributed by atoms with Gasteiger partial charge in [-0.2, -0.15) is 5.10 Å². The second-order valence-corrected chi connectivity index (χ2v) is 4.71. The van der Waals surface area contributed by atoms with Crippen molar-refractivity contribution in [1.82, 2.24) is 9.78 Å². The molecule has 0 unspecified atom stereocenters. The number of para-hydroxylation sites is 1. The molecule has 0 aliphatic rings. The molecule has 104 valence electrons. The van der Waals surface area contributed by atoms with Gasteiger partial charge in [0.05, 0.1) is 17.6 Å². The minimum Gasteiger partial charge on any atom is -0.294 e. The first-order valence-electron chi connectivity index (χ1n) is 6.57. The fourth-order valence-corrected chi connectivity index (χ4v) is 2.32. The van der Waals surface area contributed by atoms with Crippen LogP contribution in [-0.4, -0.2) is 15.6 Å². The summed E-state index contributed by atoms with van der Waals surface area (Å²) in [5.74, 6) is -0.485. The number of carbonyl (C=O) groups is 1. The molecule has 0 fully saturated rings. The van der Waals surface area contributed by atoms with E-state index in [1.165, 1.54) is 25.1 Å². The number of Topliss-reactive ketones (excluding diaryl/α,β-unsaturated/α-hetero) is 1. The molecule has 3 nitrogen and oxygen atoms in total. The third kappa shape index (κ3) is 2.48. The van der Waals surface area contributed by atoms with E-state index in [9.17, 15) is 9.18 Å². The second-order valence-electron chi connectivity index (χ2n) is 4.71. The number of carbonyl (C=O) groups excluding carboxylic acids is 1. The Kier molecular flexibility index (Phi) is 3.36. The molecule has 0 aliphatic heterocycles. The SMILES string of the molecule is CC(=O)c1ccc(F)cc1-c1ccnn1-c1ccccc1. The fourth-order valence-electron chi connectivity index (χ4n) is 2.32. The zero-order valence-electron chi connectivity index (χ0n) is 11.5. The number of hydrogen-bond donors (Lipinski definition) is 0. The summed E-state index contributed by atoms with van der Waals surface area (Å²) in [5, 5.41) is 4.28. The summed E-state index contributed by atoms with van der Waals surface area (Å²) in [6.07, 6.45) is 1.64. The smallest absolute Gasteiger partial charge is 0.160 e. The summed E-state index contributed by atoms with van der Waals surface area (Å²) in [6, 6.07) is 15.5. The first-order chi connectivity index (χ1) is 10.2. The monoisotopic (exact) mass is 280 g/mol. The van der Waals surface area contributed by atoms with Crippen LogP contribution >= 0.6 is 0 Å². The largest absolute Gasteiger partial charge is 0.294 e. The van der Waals surface area contributed by atoms with Crippen LogP contribution in [0, 0.1) is 5.82 Å². The lowest BCUT2D eigenvalue weighted by Gasteiger charge is -2.10. The molecule has 1 aromatic heterocycles. The number of hydrogen-bond acceptors (Lipinski definition) is 2. The van der Waals surface area contributed by atoms with Crippen molar-refractivity contribution < 1.29 is 9.18 Å². The zero-order valence-corrected chi connectivity index (χ0v) is 11.5. The van der Waals surface area contributed by atoms with Crippen molar-refractivity contribution in [3.63, 3.8) is 0 Å². The molecular formula is C17H13FN2O. The molecule has 0 aliphatic carbocycles. The predicted octanol–water partition coefficient (Wildman–Crippen LogP) is 3.88. The Balaban J connectivity index is 2.21. The summed E-state index contributed by atoms with van der Waals surface area (Å²) in [4.78, 5) is 11.8. The van der Waals surface area contributed by atoms with E-state index in [1.54, 1.807) is 16.9 Å². The van der Waals surface area contributed by atoms with Gasteiger partial charge in [0, 0.05) is 11.1 Å². The number of halogens is 1. The lowest BCUT2D eigenvalue weighted by molar-refractivity contribution is 0.101. The normalized spacial score (nSPS) is 10.6. The van der Waals surface area contributed by atoms with E-state index in [0.717, 1.165) is 5.69 Å². The fraction of sp³-hybridized carbons (Fsp3) is 0.0588. The standard InChI is InChI=1S/C17H13FN2O/c1-12(21)15-8-7-13(18)11-16(15)17-9-10-19-20(17)14-5-3-2-4-6-14/h2-11H,1H3. The van der Waals surface area contributed by atoms with E-state index in [2.05, 4.69) is 5.10 Å². The van der Waals surface area contributed by atoms with Gasteiger partial charge < -0.3 is 0 Å². The second kappa shape index (κ2) is 5.32. The third-order valence-corrected chi connectivity index (χ3v) is 3.28. The van der Waals surface area contributed by atoms with Crippen molar-refractivity contribution in [2.75, 3.05) is 0 Å². The van der Waals surface area contributed by atoms with E-state index in [4.69, 9.17) is 0 Å². The highest BCUT2D eigenvalue weighted by Crippen LogP contribution is 2.27. The van der Waals surface area contributed by atoms with Crippen molar-refractivity contribution in [2.45, 2.75) is 6.92 Å². The van der Waals surface area contributed by atoms with E-state index >= 15 is 0 Å². The number of aromatic nitrogens is 2. The molecule has 4 heteroatoms. The Morgan fingerprint density at radius 1 is 1.10 bits per heavy atom. The lowest BCUT2D eigenvalue weighted by atomic mass is 10.0. The van der Waals surface area contributed by atoms with Crippen molar-refractivity contribution in [1.29, 1.82) is 0 Å². The first-order valence-corrected chi connectivity index (χ1v) is 6.57. The molecule has 2 aromatic carbocycles. The van der Waals surface area contributed by atoms with Crippen LogP contribution in [0.15, 0.2) is 60.8 Å². The number of rotatable bonds is 3. The molecule has 0 saturated heterocycles. The number of benzene rings is 2. The average molecular weight is 280 g/mol.